The average molecular weight is 382 g/mol. The fourth-order valence-corrected chi connectivity index (χ4v) is 2.68. The molecule has 0 aliphatic rings. The predicted molar refractivity (Wildman–Crippen MR) is 104 cm³/mol. The van der Waals surface area contributed by atoms with E-state index in [0.29, 0.717) is 35.1 Å². The first-order chi connectivity index (χ1) is 13.5. The highest BCUT2D eigenvalue weighted by atomic mass is 16.5. The first kappa shape index (κ1) is 19.3. The van der Waals surface area contributed by atoms with Crippen LogP contribution in [0, 0.1) is 13.8 Å². The molecule has 0 radical (unpaired) electrons. The number of carbonyl (C=O) groups excluding carboxylic acids is 1. The van der Waals surface area contributed by atoms with E-state index in [9.17, 15) is 4.79 Å². The lowest BCUT2D eigenvalue weighted by atomic mass is 10.2. The zero-order valence-corrected chi connectivity index (χ0v) is 16.2. The molecule has 0 saturated carbocycles. The van der Waals surface area contributed by atoms with E-state index in [1.165, 1.54) is 0 Å². The lowest BCUT2D eigenvalue weighted by Crippen LogP contribution is -2.12. The van der Waals surface area contributed by atoms with Crippen molar-refractivity contribution in [3.8, 4) is 17.2 Å². The summed E-state index contributed by atoms with van der Waals surface area (Å²) in [4.78, 5) is 12.5. The highest BCUT2D eigenvalue weighted by Crippen LogP contribution is 2.30. The Balaban J connectivity index is 1.63. The maximum Gasteiger partial charge on any atom is 0.255 e. The Morgan fingerprint density at radius 2 is 1.75 bits per heavy atom. The fraction of sp³-hybridized carbons (Fsp3) is 0.238. The van der Waals surface area contributed by atoms with E-state index in [0.717, 1.165) is 17.0 Å². The van der Waals surface area contributed by atoms with E-state index >= 15 is 0 Å². The highest BCUT2D eigenvalue weighted by molar-refractivity contribution is 6.04. The largest absolute Gasteiger partial charge is 0.493 e. The number of amides is 1. The van der Waals surface area contributed by atoms with Crippen LogP contribution in [0.2, 0.25) is 0 Å². The summed E-state index contributed by atoms with van der Waals surface area (Å²) in [6.45, 7) is 4.08. The molecule has 3 rings (SSSR count). The van der Waals surface area contributed by atoms with Crippen LogP contribution in [-0.4, -0.2) is 25.3 Å². The average Bonchev–Trinajstić information content (AvgIpc) is 3.04. The maximum atomic E-state index is 12.5. The summed E-state index contributed by atoms with van der Waals surface area (Å²) >= 11 is 0. The number of carbonyl (C=O) groups is 1. The molecule has 1 amide bonds. The van der Waals surface area contributed by atoms with Gasteiger partial charge in [0.05, 0.1) is 25.5 Å². The van der Waals surface area contributed by atoms with Crippen molar-refractivity contribution in [2.24, 2.45) is 0 Å². The van der Waals surface area contributed by atoms with Crippen molar-refractivity contribution in [3.63, 3.8) is 0 Å². The highest BCUT2D eigenvalue weighted by Gasteiger charge is 2.11. The van der Waals surface area contributed by atoms with Crippen molar-refractivity contribution in [2.45, 2.75) is 20.5 Å². The minimum atomic E-state index is -0.232. The Bertz CT molecular complexity index is 944. The standard InChI is InChI=1S/C21H22N2O5/c1-13-18(14(2)28-23-13)12-27-17-8-5-15(6-9-17)21(24)22-16-7-10-19(25-3)20(11-16)26-4/h5-11H,12H2,1-4H3,(H,22,24). The second-order valence-electron chi connectivity index (χ2n) is 6.14. The lowest BCUT2D eigenvalue weighted by Gasteiger charge is -2.11. The summed E-state index contributed by atoms with van der Waals surface area (Å²) < 4.78 is 21.3. The monoisotopic (exact) mass is 382 g/mol. The van der Waals surface area contributed by atoms with Gasteiger partial charge in [0, 0.05) is 17.3 Å². The summed E-state index contributed by atoms with van der Waals surface area (Å²) in [6.07, 6.45) is 0. The molecule has 1 N–H and O–H groups in total. The topological polar surface area (TPSA) is 82.8 Å². The molecule has 0 atom stereocenters. The normalized spacial score (nSPS) is 10.4. The second kappa shape index (κ2) is 8.47. The van der Waals surface area contributed by atoms with Crippen molar-refractivity contribution in [3.05, 3.63) is 65.0 Å². The van der Waals surface area contributed by atoms with Gasteiger partial charge >= 0.3 is 0 Å². The number of aryl methyl sites for hydroxylation is 2. The summed E-state index contributed by atoms with van der Waals surface area (Å²) in [6, 6.07) is 12.1. The summed E-state index contributed by atoms with van der Waals surface area (Å²) in [7, 11) is 3.11. The molecule has 7 heteroatoms. The van der Waals surface area contributed by atoms with E-state index in [4.69, 9.17) is 18.7 Å². The molecule has 7 nitrogen and oxygen atoms in total. The van der Waals surface area contributed by atoms with Crippen LogP contribution in [0.25, 0.3) is 0 Å². The number of nitrogens with zero attached hydrogens (tertiary/aromatic N) is 1. The number of aromatic nitrogens is 1. The molecule has 0 aliphatic heterocycles. The Labute approximate surface area is 163 Å². The SMILES string of the molecule is COc1ccc(NC(=O)c2ccc(OCc3c(C)noc3C)cc2)cc1OC. The number of methoxy groups -OCH3 is 2. The zero-order valence-electron chi connectivity index (χ0n) is 16.2. The third-order valence-electron chi connectivity index (χ3n) is 4.32. The van der Waals surface area contributed by atoms with Gasteiger partial charge in [-0.3, -0.25) is 4.79 Å². The van der Waals surface area contributed by atoms with Gasteiger partial charge in [0.1, 0.15) is 18.1 Å². The van der Waals surface area contributed by atoms with Gasteiger partial charge < -0.3 is 24.1 Å². The van der Waals surface area contributed by atoms with Crippen LogP contribution in [0.5, 0.6) is 17.2 Å². The molecule has 0 spiro atoms. The van der Waals surface area contributed by atoms with Crippen LogP contribution < -0.4 is 19.5 Å². The number of rotatable bonds is 7. The van der Waals surface area contributed by atoms with Gasteiger partial charge in [-0.15, -0.1) is 0 Å². The summed E-state index contributed by atoms with van der Waals surface area (Å²) in [5.74, 6) is 2.30. The summed E-state index contributed by atoms with van der Waals surface area (Å²) in [5, 5.41) is 6.74. The number of hydrogen-bond donors (Lipinski definition) is 1. The van der Waals surface area contributed by atoms with Crippen molar-refractivity contribution in [2.75, 3.05) is 19.5 Å². The maximum absolute atomic E-state index is 12.5. The van der Waals surface area contributed by atoms with Crippen LogP contribution in [0.3, 0.4) is 0 Å². The van der Waals surface area contributed by atoms with E-state index in [1.807, 2.05) is 13.8 Å². The molecular weight excluding hydrogens is 360 g/mol. The third-order valence-corrected chi connectivity index (χ3v) is 4.32. The van der Waals surface area contributed by atoms with Gasteiger partial charge in [0.2, 0.25) is 0 Å². The second-order valence-corrected chi connectivity index (χ2v) is 6.14. The van der Waals surface area contributed by atoms with Crippen molar-refractivity contribution >= 4 is 11.6 Å². The molecular formula is C21H22N2O5. The quantitative estimate of drug-likeness (QED) is 0.661. The van der Waals surface area contributed by atoms with E-state index in [2.05, 4.69) is 10.5 Å². The molecule has 0 fully saturated rings. The first-order valence-electron chi connectivity index (χ1n) is 8.69. The van der Waals surface area contributed by atoms with Crippen LogP contribution >= 0.6 is 0 Å². The third kappa shape index (κ3) is 4.25. The summed E-state index contributed by atoms with van der Waals surface area (Å²) in [5.41, 5.74) is 2.86. The van der Waals surface area contributed by atoms with Gasteiger partial charge in [-0.05, 0) is 50.2 Å². The molecule has 2 aromatic carbocycles. The first-order valence-corrected chi connectivity index (χ1v) is 8.69. The molecule has 146 valence electrons. The molecule has 0 unspecified atom stereocenters. The van der Waals surface area contributed by atoms with Gasteiger partial charge in [0.15, 0.2) is 11.5 Å². The molecule has 3 aromatic rings. The van der Waals surface area contributed by atoms with Crippen LogP contribution in [-0.2, 0) is 6.61 Å². The molecule has 0 saturated heterocycles. The van der Waals surface area contributed by atoms with E-state index < -0.39 is 0 Å². The van der Waals surface area contributed by atoms with Crippen molar-refractivity contribution < 1.29 is 23.5 Å². The minimum Gasteiger partial charge on any atom is -0.493 e. The number of hydrogen-bond acceptors (Lipinski definition) is 6. The van der Waals surface area contributed by atoms with Crippen molar-refractivity contribution in [1.82, 2.24) is 5.16 Å². The molecule has 0 bridgehead atoms. The molecule has 1 aromatic heterocycles. The van der Waals surface area contributed by atoms with Crippen LogP contribution in [0.4, 0.5) is 5.69 Å². The van der Waals surface area contributed by atoms with Crippen LogP contribution in [0.15, 0.2) is 47.0 Å². The number of benzene rings is 2. The number of ether oxygens (including phenoxy) is 3. The fourth-order valence-electron chi connectivity index (χ4n) is 2.68. The Morgan fingerprint density at radius 1 is 1.04 bits per heavy atom. The van der Waals surface area contributed by atoms with Gasteiger partial charge in [-0.1, -0.05) is 5.16 Å². The predicted octanol–water partition coefficient (Wildman–Crippen LogP) is 4.14. The minimum absolute atomic E-state index is 0.232. The van der Waals surface area contributed by atoms with Gasteiger partial charge in [0.25, 0.3) is 5.91 Å². The lowest BCUT2D eigenvalue weighted by molar-refractivity contribution is 0.102. The molecule has 1 heterocycles. The Kier molecular flexibility index (Phi) is 5.84. The smallest absolute Gasteiger partial charge is 0.255 e. The van der Waals surface area contributed by atoms with Crippen molar-refractivity contribution in [1.29, 1.82) is 0 Å². The van der Waals surface area contributed by atoms with E-state index in [-0.39, 0.29) is 5.91 Å². The van der Waals surface area contributed by atoms with Crippen LogP contribution in [0.1, 0.15) is 27.4 Å². The van der Waals surface area contributed by atoms with E-state index in [1.54, 1.807) is 56.7 Å². The van der Waals surface area contributed by atoms with Gasteiger partial charge in [-0.2, -0.15) is 0 Å². The number of anilines is 1. The molecule has 28 heavy (non-hydrogen) atoms. The van der Waals surface area contributed by atoms with Gasteiger partial charge in [-0.25, -0.2) is 0 Å². The Morgan fingerprint density at radius 3 is 2.36 bits per heavy atom. The zero-order chi connectivity index (χ0) is 20.1. The number of nitrogens with one attached hydrogen (secondary N) is 1. The Hall–Kier alpha value is -3.48. The molecule has 0 aliphatic carbocycles.